The molecule has 0 radical (unpaired) electrons. The van der Waals surface area contributed by atoms with Crippen molar-refractivity contribution >= 4 is 51.5 Å². The lowest BCUT2D eigenvalue weighted by atomic mass is 9.97. The van der Waals surface area contributed by atoms with Crippen LogP contribution in [0.2, 0.25) is 15.1 Å². The summed E-state index contributed by atoms with van der Waals surface area (Å²) in [5, 5.41) is 21.8. The maximum atomic E-state index is 11.1. The van der Waals surface area contributed by atoms with Crippen LogP contribution < -0.4 is 0 Å². The molecule has 136 valence electrons. The van der Waals surface area contributed by atoms with E-state index < -0.39 is 0 Å². The molecule has 0 atom stereocenters. The molecule has 0 saturated carbocycles. The van der Waals surface area contributed by atoms with Gasteiger partial charge in [0, 0.05) is 16.8 Å². The first-order valence-corrected chi connectivity index (χ1v) is 9.08. The molecule has 0 aromatic heterocycles. The largest absolute Gasteiger partial charge is 0.507 e. The molecule has 0 aliphatic rings. The number of halogens is 3. The highest BCUT2D eigenvalue weighted by Gasteiger charge is 2.19. The number of aromatic hydroxyl groups is 2. The van der Waals surface area contributed by atoms with Gasteiger partial charge in [-0.1, -0.05) is 47.6 Å². The summed E-state index contributed by atoms with van der Waals surface area (Å²) in [5.41, 5.74) is 0.698. The molecule has 2 rings (SSSR count). The van der Waals surface area contributed by atoms with Crippen LogP contribution in [0.3, 0.4) is 0 Å². The van der Waals surface area contributed by atoms with Gasteiger partial charge < -0.3 is 14.9 Å². The Morgan fingerprint density at radius 2 is 1.72 bits per heavy atom. The van der Waals surface area contributed by atoms with Crippen LogP contribution in [0, 0.1) is 0 Å². The van der Waals surface area contributed by atoms with Gasteiger partial charge in [0.1, 0.15) is 5.75 Å². The fourth-order valence-corrected chi connectivity index (χ4v) is 3.65. The van der Waals surface area contributed by atoms with Crippen LogP contribution >= 0.6 is 34.8 Å². The number of aryl methyl sites for hydroxylation is 1. The lowest BCUT2D eigenvalue weighted by Crippen LogP contribution is -1.99. The van der Waals surface area contributed by atoms with Crippen molar-refractivity contribution in [1.29, 1.82) is 0 Å². The smallest absolute Gasteiger partial charge is 0.305 e. The van der Waals surface area contributed by atoms with E-state index in [0.717, 1.165) is 25.7 Å². The number of carbonyl (C=O) groups is 1. The molecule has 0 fully saturated rings. The lowest BCUT2D eigenvalue weighted by Gasteiger charge is -2.14. The number of ether oxygens (including phenoxy) is 1. The molecule has 7 heteroatoms. The zero-order valence-electron chi connectivity index (χ0n) is 13.7. The second kappa shape index (κ2) is 8.84. The van der Waals surface area contributed by atoms with Gasteiger partial charge in [0.2, 0.25) is 0 Å². The van der Waals surface area contributed by atoms with E-state index in [9.17, 15) is 15.0 Å². The molecule has 0 bridgehead atoms. The third kappa shape index (κ3) is 4.63. The minimum atomic E-state index is -0.242. The quantitative estimate of drug-likeness (QED) is 0.446. The van der Waals surface area contributed by atoms with E-state index in [1.807, 2.05) is 0 Å². The summed E-state index contributed by atoms with van der Waals surface area (Å²) >= 11 is 18.4. The number of phenols is 2. The lowest BCUT2D eigenvalue weighted by molar-refractivity contribution is -0.140. The van der Waals surface area contributed by atoms with Gasteiger partial charge in [-0.3, -0.25) is 4.79 Å². The van der Waals surface area contributed by atoms with Crippen molar-refractivity contribution in [2.24, 2.45) is 0 Å². The Balaban J connectivity index is 2.16. The van der Waals surface area contributed by atoms with Crippen LogP contribution in [0.4, 0.5) is 0 Å². The van der Waals surface area contributed by atoms with Crippen molar-refractivity contribution in [2.75, 3.05) is 7.11 Å². The maximum Gasteiger partial charge on any atom is 0.305 e. The van der Waals surface area contributed by atoms with E-state index in [2.05, 4.69) is 4.74 Å². The number of esters is 1. The van der Waals surface area contributed by atoms with Crippen molar-refractivity contribution in [3.8, 4) is 11.5 Å². The SMILES string of the molecule is COC(=O)CCCCCCc1c(Cl)c(O)c(Cl)c2c(O)cc(Cl)cc12. The third-order valence-electron chi connectivity index (χ3n) is 4.09. The van der Waals surface area contributed by atoms with E-state index in [0.29, 0.717) is 34.2 Å². The summed E-state index contributed by atoms with van der Waals surface area (Å²) in [6.45, 7) is 0. The van der Waals surface area contributed by atoms with E-state index in [1.165, 1.54) is 13.2 Å². The molecule has 0 aliphatic carbocycles. The van der Waals surface area contributed by atoms with Crippen molar-refractivity contribution in [3.05, 3.63) is 32.8 Å². The van der Waals surface area contributed by atoms with Crippen molar-refractivity contribution in [2.45, 2.75) is 38.5 Å². The Kier molecular flexibility index (Phi) is 7.05. The molecule has 0 amide bonds. The second-order valence-electron chi connectivity index (χ2n) is 5.79. The zero-order valence-corrected chi connectivity index (χ0v) is 16.0. The predicted octanol–water partition coefficient (Wildman–Crippen LogP) is 5.88. The number of phenolic OH excluding ortho intramolecular Hbond substituents is 2. The number of methoxy groups -OCH3 is 1. The van der Waals surface area contributed by atoms with E-state index in [1.54, 1.807) is 6.07 Å². The standard InChI is InChI=1S/C18H19Cl3O4/c1-25-14(23)7-5-3-2-4-6-11-12-8-10(19)9-13(22)15(12)17(21)18(24)16(11)20/h8-9,22,24H,2-7H2,1H3. The Morgan fingerprint density at radius 1 is 1.04 bits per heavy atom. The minimum absolute atomic E-state index is 0.0102. The number of rotatable bonds is 7. The van der Waals surface area contributed by atoms with E-state index in [-0.39, 0.29) is 27.5 Å². The molecular formula is C18H19Cl3O4. The van der Waals surface area contributed by atoms with Gasteiger partial charge in [-0.2, -0.15) is 0 Å². The molecule has 0 aliphatic heterocycles. The van der Waals surface area contributed by atoms with Crippen LogP contribution in [0.5, 0.6) is 11.5 Å². The highest BCUT2D eigenvalue weighted by Crippen LogP contribution is 2.46. The average Bonchev–Trinajstić information content (AvgIpc) is 2.57. The van der Waals surface area contributed by atoms with Gasteiger partial charge in [-0.05, 0) is 42.3 Å². The number of carbonyl (C=O) groups excluding carboxylic acids is 1. The number of unbranched alkanes of at least 4 members (excludes halogenated alkanes) is 3. The Labute approximate surface area is 161 Å². The number of hydrogen-bond donors (Lipinski definition) is 2. The summed E-state index contributed by atoms with van der Waals surface area (Å²) in [6, 6.07) is 3.06. The molecular weight excluding hydrogens is 387 g/mol. The summed E-state index contributed by atoms with van der Waals surface area (Å²) in [4.78, 5) is 11.1. The van der Waals surface area contributed by atoms with Crippen molar-refractivity contribution in [3.63, 3.8) is 0 Å². The minimum Gasteiger partial charge on any atom is -0.507 e. The van der Waals surface area contributed by atoms with Gasteiger partial charge in [0.05, 0.1) is 17.2 Å². The first-order chi connectivity index (χ1) is 11.9. The number of hydrogen-bond acceptors (Lipinski definition) is 4. The van der Waals surface area contributed by atoms with Gasteiger partial charge in [-0.15, -0.1) is 0 Å². The monoisotopic (exact) mass is 404 g/mol. The van der Waals surface area contributed by atoms with Crippen LogP contribution in [0.15, 0.2) is 12.1 Å². The number of fused-ring (bicyclic) bond motifs is 1. The first-order valence-electron chi connectivity index (χ1n) is 7.94. The summed E-state index contributed by atoms with van der Waals surface area (Å²) in [7, 11) is 1.38. The molecule has 25 heavy (non-hydrogen) atoms. The molecule has 2 aromatic carbocycles. The molecule has 0 unspecified atom stereocenters. The van der Waals surface area contributed by atoms with Crippen LogP contribution in [0.25, 0.3) is 10.8 Å². The van der Waals surface area contributed by atoms with Crippen molar-refractivity contribution in [1.82, 2.24) is 0 Å². The molecule has 0 heterocycles. The topological polar surface area (TPSA) is 66.8 Å². The normalized spacial score (nSPS) is 11.0. The van der Waals surface area contributed by atoms with Crippen LogP contribution in [-0.2, 0) is 16.0 Å². The zero-order chi connectivity index (χ0) is 18.6. The molecule has 2 N–H and O–H groups in total. The van der Waals surface area contributed by atoms with Crippen LogP contribution in [0.1, 0.15) is 37.7 Å². The highest BCUT2D eigenvalue weighted by atomic mass is 35.5. The maximum absolute atomic E-state index is 11.1. The van der Waals surface area contributed by atoms with Gasteiger partial charge in [-0.25, -0.2) is 0 Å². The van der Waals surface area contributed by atoms with Gasteiger partial charge in [0.25, 0.3) is 0 Å². The van der Waals surface area contributed by atoms with Crippen molar-refractivity contribution < 1.29 is 19.7 Å². The van der Waals surface area contributed by atoms with E-state index >= 15 is 0 Å². The molecule has 0 spiro atoms. The fourth-order valence-electron chi connectivity index (χ4n) is 2.81. The fraction of sp³-hybridized carbons (Fsp3) is 0.389. The molecule has 4 nitrogen and oxygen atoms in total. The first kappa shape index (κ1) is 20.0. The van der Waals surface area contributed by atoms with Gasteiger partial charge >= 0.3 is 5.97 Å². The summed E-state index contributed by atoms with van der Waals surface area (Å²) in [6.07, 6.45) is 4.36. The number of benzene rings is 2. The Hall–Kier alpha value is -1.36. The Morgan fingerprint density at radius 3 is 2.40 bits per heavy atom. The van der Waals surface area contributed by atoms with Gasteiger partial charge in [0.15, 0.2) is 5.75 Å². The molecule has 2 aromatic rings. The molecule has 0 saturated heterocycles. The summed E-state index contributed by atoms with van der Waals surface area (Å²) < 4.78 is 4.60. The highest BCUT2D eigenvalue weighted by molar-refractivity contribution is 6.42. The van der Waals surface area contributed by atoms with E-state index in [4.69, 9.17) is 34.8 Å². The third-order valence-corrected chi connectivity index (χ3v) is 5.09. The predicted molar refractivity (Wildman–Crippen MR) is 101 cm³/mol. The second-order valence-corrected chi connectivity index (χ2v) is 6.99. The average molecular weight is 406 g/mol. The van der Waals surface area contributed by atoms with Crippen LogP contribution in [-0.4, -0.2) is 23.3 Å². The Bertz CT molecular complexity index is 790. The summed E-state index contributed by atoms with van der Waals surface area (Å²) in [5.74, 6) is -0.547.